The van der Waals surface area contributed by atoms with Gasteiger partial charge in [0.05, 0.1) is 5.66 Å². The van der Waals surface area contributed by atoms with Crippen LogP contribution in [-0.2, 0) is 0 Å². The molecular weight excluding hydrogens is 328 g/mol. The largest absolute Gasteiger partial charge is 0.299 e. The molecule has 0 aliphatic heterocycles. The summed E-state index contributed by atoms with van der Waals surface area (Å²) in [6, 6.07) is 0. The summed E-state index contributed by atoms with van der Waals surface area (Å²) in [6.07, 6.45) is 21.1. The first-order chi connectivity index (χ1) is 13.0. The molecule has 0 radical (unpaired) electrons. The Morgan fingerprint density at radius 1 is 0.741 bits per heavy atom. The number of rotatable bonds is 12. The molecule has 2 aliphatic rings. The third-order valence-corrected chi connectivity index (χ3v) is 7.69. The third-order valence-electron chi connectivity index (χ3n) is 7.69. The lowest BCUT2D eigenvalue weighted by molar-refractivity contribution is -0.00164. The molecule has 0 spiro atoms. The monoisotopic (exact) mass is 378 g/mol. The first-order valence-corrected chi connectivity index (χ1v) is 12.5. The summed E-state index contributed by atoms with van der Waals surface area (Å²) in [4.78, 5) is 0. The highest BCUT2D eigenvalue weighted by Gasteiger charge is 2.48. The van der Waals surface area contributed by atoms with E-state index < -0.39 is 0 Å². The highest BCUT2D eigenvalue weighted by atomic mass is 15.2. The lowest BCUT2D eigenvalue weighted by atomic mass is 9.62. The maximum atomic E-state index is 4.05. The number of hydrogen-bond acceptors (Lipinski definition) is 2. The summed E-state index contributed by atoms with van der Waals surface area (Å²) in [5, 5.41) is 8.10. The van der Waals surface area contributed by atoms with Crippen molar-refractivity contribution in [3.8, 4) is 0 Å². The van der Waals surface area contributed by atoms with Gasteiger partial charge >= 0.3 is 0 Å². The molecule has 2 fully saturated rings. The molecular formula is C25H50N2. The minimum atomic E-state index is 0.150. The van der Waals surface area contributed by atoms with Gasteiger partial charge in [-0.1, -0.05) is 85.5 Å². The van der Waals surface area contributed by atoms with E-state index in [9.17, 15) is 0 Å². The minimum Gasteiger partial charge on any atom is -0.299 e. The van der Waals surface area contributed by atoms with Crippen molar-refractivity contribution in [1.82, 2.24) is 10.6 Å². The van der Waals surface area contributed by atoms with E-state index in [4.69, 9.17) is 0 Å². The van der Waals surface area contributed by atoms with Crippen LogP contribution in [0.2, 0.25) is 0 Å². The van der Waals surface area contributed by atoms with E-state index in [1.807, 2.05) is 0 Å². The number of unbranched alkanes of at least 4 members (excludes halogenated alkanes) is 4. The fraction of sp³-hybridized carbons (Fsp3) is 1.00. The van der Waals surface area contributed by atoms with E-state index in [0.29, 0.717) is 5.41 Å². The quantitative estimate of drug-likeness (QED) is 0.281. The Kier molecular flexibility index (Phi) is 10.1. The molecule has 160 valence electrons. The van der Waals surface area contributed by atoms with E-state index in [1.54, 1.807) is 0 Å². The SMILES string of the molecule is CCCCCNC1(NCCCCC)CCC(CC2CCCCC2)CC1(C)C. The number of nitrogens with one attached hydrogen (secondary N) is 2. The molecule has 0 heterocycles. The van der Waals surface area contributed by atoms with Crippen molar-refractivity contribution in [3.63, 3.8) is 0 Å². The van der Waals surface area contributed by atoms with Gasteiger partial charge < -0.3 is 0 Å². The summed E-state index contributed by atoms with van der Waals surface area (Å²) in [5.74, 6) is 1.98. The third kappa shape index (κ3) is 7.03. The average Bonchev–Trinajstić information content (AvgIpc) is 2.65. The summed E-state index contributed by atoms with van der Waals surface area (Å²) in [5.41, 5.74) is 0.487. The predicted octanol–water partition coefficient (Wildman–Crippen LogP) is 7.04. The molecule has 2 saturated carbocycles. The predicted molar refractivity (Wildman–Crippen MR) is 120 cm³/mol. The van der Waals surface area contributed by atoms with Crippen molar-refractivity contribution in [3.05, 3.63) is 0 Å². The van der Waals surface area contributed by atoms with E-state index in [0.717, 1.165) is 11.8 Å². The standard InChI is InChI=1S/C25H50N2/c1-5-7-12-18-26-25(27-19-13-8-6-2)17-16-23(21-24(25,3)4)20-22-14-10-9-11-15-22/h22-23,26-27H,5-21H2,1-4H3. The maximum Gasteiger partial charge on any atom is 0.0739 e. The van der Waals surface area contributed by atoms with Gasteiger partial charge in [-0.2, -0.15) is 0 Å². The Bertz CT molecular complexity index is 372. The molecule has 2 aliphatic carbocycles. The number of hydrogen-bond donors (Lipinski definition) is 2. The van der Waals surface area contributed by atoms with Crippen molar-refractivity contribution in [2.75, 3.05) is 13.1 Å². The zero-order valence-electron chi connectivity index (χ0n) is 19.2. The fourth-order valence-corrected chi connectivity index (χ4v) is 5.92. The van der Waals surface area contributed by atoms with E-state index in [2.05, 4.69) is 38.3 Å². The van der Waals surface area contributed by atoms with Crippen LogP contribution < -0.4 is 10.6 Å². The molecule has 2 heteroatoms. The zero-order valence-corrected chi connectivity index (χ0v) is 19.2. The summed E-state index contributed by atoms with van der Waals surface area (Å²) in [6.45, 7) is 12.0. The Labute approximate surface area is 171 Å². The van der Waals surface area contributed by atoms with Gasteiger partial charge in [0.15, 0.2) is 0 Å². The van der Waals surface area contributed by atoms with Crippen LogP contribution in [0.3, 0.4) is 0 Å². The van der Waals surface area contributed by atoms with Gasteiger partial charge in [-0.3, -0.25) is 10.6 Å². The second-order valence-electron chi connectivity index (χ2n) is 10.4. The highest BCUT2D eigenvalue weighted by Crippen LogP contribution is 2.47. The molecule has 0 aromatic carbocycles. The van der Waals surface area contributed by atoms with Crippen molar-refractivity contribution < 1.29 is 0 Å². The maximum absolute atomic E-state index is 4.05. The van der Waals surface area contributed by atoms with Crippen molar-refractivity contribution in [2.45, 2.75) is 130 Å². The van der Waals surface area contributed by atoms with Gasteiger partial charge in [-0.05, 0) is 68.9 Å². The topological polar surface area (TPSA) is 24.1 Å². The van der Waals surface area contributed by atoms with Crippen LogP contribution in [0.15, 0.2) is 0 Å². The molecule has 1 unspecified atom stereocenters. The van der Waals surface area contributed by atoms with Gasteiger partial charge in [0.2, 0.25) is 0 Å². The Balaban J connectivity index is 1.94. The van der Waals surface area contributed by atoms with Gasteiger partial charge in [-0.25, -0.2) is 0 Å². The zero-order chi connectivity index (χ0) is 19.6. The summed E-state index contributed by atoms with van der Waals surface area (Å²) < 4.78 is 0. The molecule has 2 rings (SSSR count). The lowest BCUT2D eigenvalue weighted by Crippen LogP contribution is -2.67. The fourth-order valence-electron chi connectivity index (χ4n) is 5.92. The van der Waals surface area contributed by atoms with Gasteiger partial charge in [0.25, 0.3) is 0 Å². The lowest BCUT2D eigenvalue weighted by Gasteiger charge is -2.54. The first-order valence-electron chi connectivity index (χ1n) is 12.5. The van der Waals surface area contributed by atoms with Crippen molar-refractivity contribution >= 4 is 0 Å². The molecule has 27 heavy (non-hydrogen) atoms. The van der Waals surface area contributed by atoms with Gasteiger partial charge in [0.1, 0.15) is 0 Å². The molecule has 2 nitrogen and oxygen atoms in total. The van der Waals surface area contributed by atoms with Gasteiger partial charge in [-0.15, -0.1) is 0 Å². The van der Waals surface area contributed by atoms with Crippen molar-refractivity contribution in [2.24, 2.45) is 17.3 Å². The normalized spacial score (nSPS) is 25.6. The molecule has 0 aromatic heterocycles. The highest BCUT2D eigenvalue weighted by molar-refractivity contribution is 5.03. The molecule has 0 amide bonds. The Morgan fingerprint density at radius 2 is 1.33 bits per heavy atom. The Hall–Kier alpha value is -0.0800. The Morgan fingerprint density at radius 3 is 1.85 bits per heavy atom. The van der Waals surface area contributed by atoms with Crippen LogP contribution in [0.25, 0.3) is 0 Å². The van der Waals surface area contributed by atoms with Crippen LogP contribution in [0, 0.1) is 17.3 Å². The minimum absolute atomic E-state index is 0.150. The first kappa shape index (κ1) is 23.2. The molecule has 0 saturated heterocycles. The van der Waals surface area contributed by atoms with E-state index >= 15 is 0 Å². The summed E-state index contributed by atoms with van der Waals surface area (Å²) >= 11 is 0. The smallest absolute Gasteiger partial charge is 0.0739 e. The van der Waals surface area contributed by atoms with Crippen LogP contribution in [0.4, 0.5) is 0 Å². The summed E-state index contributed by atoms with van der Waals surface area (Å²) in [7, 11) is 0. The van der Waals surface area contributed by atoms with Gasteiger partial charge in [0, 0.05) is 0 Å². The second-order valence-corrected chi connectivity index (χ2v) is 10.4. The van der Waals surface area contributed by atoms with Crippen LogP contribution in [-0.4, -0.2) is 18.8 Å². The molecule has 0 aromatic rings. The molecule has 1 atom stereocenters. The van der Waals surface area contributed by atoms with E-state index in [1.165, 1.54) is 109 Å². The molecule has 0 bridgehead atoms. The second kappa shape index (κ2) is 11.8. The van der Waals surface area contributed by atoms with E-state index in [-0.39, 0.29) is 5.66 Å². The van der Waals surface area contributed by atoms with Crippen LogP contribution in [0.1, 0.15) is 124 Å². The van der Waals surface area contributed by atoms with Crippen molar-refractivity contribution in [1.29, 1.82) is 0 Å². The average molecular weight is 379 g/mol. The van der Waals surface area contributed by atoms with Crippen LogP contribution in [0.5, 0.6) is 0 Å². The van der Waals surface area contributed by atoms with Crippen LogP contribution >= 0.6 is 0 Å². The molecule has 2 N–H and O–H groups in total.